The van der Waals surface area contributed by atoms with E-state index in [0.29, 0.717) is 28.5 Å². The SMILES string of the molecule is Cc1ccc(-n2nc(C(C)(C)C)cc2NC(=O)Nc2ccc(CC3CC4CCC(C3)N4S(=O)(=O)c3cccc4nsnc34)cc2)cc1. The predicted molar refractivity (Wildman–Crippen MR) is 186 cm³/mol. The van der Waals surface area contributed by atoms with E-state index in [1.165, 1.54) is 5.56 Å². The highest BCUT2D eigenvalue weighted by Crippen LogP contribution is 2.44. The van der Waals surface area contributed by atoms with E-state index in [-0.39, 0.29) is 28.4 Å². The van der Waals surface area contributed by atoms with Crippen molar-refractivity contribution in [2.75, 3.05) is 10.6 Å². The van der Waals surface area contributed by atoms with Crippen LogP contribution in [0, 0.1) is 12.8 Å². The highest BCUT2D eigenvalue weighted by Gasteiger charge is 2.47. The topological polar surface area (TPSA) is 122 Å². The molecule has 0 saturated carbocycles. The molecule has 3 aromatic carbocycles. The summed E-state index contributed by atoms with van der Waals surface area (Å²) in [6.07, 6.45) is 4.28. The lowest BCUT2D eigenvalue weighted by Crippen LogP contribution is -2.46. The summed E-state index contributed by atoms with van der Waals surface area (Å²) in [5.41, 5.74) is 5.66. The Kier molecular flexibility index (Phi) is 8.13. The van der Waals surface area contributed by atoms with E-state index in [2.05, 4.69) is 40.2 Å². The Labute approximate surface area is 279 Å². The summed E-state index contributed by atoms with van der Waals surface area (Å²) in [4.78, 5) is 13.4. The molecule has 2 aromatic heterocycles. The molecule has 0 spiro atoms. The van der Waals surface area contributed by atoms with E-state index in [1.807, 2.05) is 61.5 Å². The average Bonchev–Trinajstić information content (AvgIpc) is 3.75. The highest BCUT2D eigenvalue weighted by atomic mass is 32.2. The number of benzene rings is 3. The second kappa shape index (κ2) is 12.1. The zero-order valence-electron chi connectivity index (χ0n) is 27.0. The zero-order valence-corrected chi connectivity index (χ0v) is 28.6. The van der Waals surface area contributed by atoms with Crippen LogP contribution >= 0.6 is 11.7 Å². The number of urea groups is 1. The van der Waals surface area contributed by atoms with Crippen molar-refractivity contribution in [3.8, 4) is 5.69 Å². The Morgan fingerprint density at radius 1 is 0.936 bits per heavy atom. The number of nitrogens with one attached hydrogen (secondary N) is 2. The van der Waals surface area contributed by atoms with Gasteiger partial charge in [0.15, 0.2) is 0 Å². The molecular weight excluding hydrogens is 631 g/mol. The molecule has 2 N–H and O–H groups in total. The van der Waals surface area contributed by atoms with Gasteiger partial charge in [0.25, 0.3) is 0 Å². The fourth-order valence-electron chi connectivity index (χ4n) is 6.96. The molecule has 2 aliphatic rings. The van der Waals surface area contributed by atoms with Crippen molar-refractivity contribution in [2.24, 2.45) is 5.92 Å². The summed E-state index contributed by atoms with van der Waals surface area (Å²) in [6, 6.07) is 22.7. The van der Waals surface area contributed by atoms with Gasteiger partial charge < -0.3 is 5.32 Å². The van der Waals surface area contributed by atoms with Gasteiger partial charge in [0.2, 0.25) is 10.0 Å². The lowest BCUT2D eigenvalue weighted by atomic mass is 9.87. The maximum absolute atomic E-state index is 13.8. The number of amides is 2. The first kappa shape index (κ1) is 31.5. The van der Waals surface area contributed by atoms with Crippen LogP contribution in [0.3, 0.4) is 0 Å². The lowest BCUT2D eigenvalue weighted by Gasteiger charge is -2.38. The van der Waals surface area contributed by atoms with Gasteiger partial charge in [-0.05, 0) is 86.9 Å². The van der Waals surface area contributed by atoms with Gasteiger partial charge in [-0.15, -0.1) is 0 Å². The molecule has 47 heavy (non-hydrogen) atoms. The minimum absolute atomic E-state index is 0.0117. The fraction of sp³-hybridized carbons (Fsp3) is 0.371. The van der Waals surface area contributed by atoms with Crippen LogP contribution in [0.25, 0.3) is 16.7 Å². The van der Waals surface area contributed by atoms with Crippen molar-refractivity contribution in [3.05, 3.63) is 89.6 Å². The van der Waals surface area contributed by atoms with Crippen molar-refractivity contribution in [3.63, 3.8) is 0 Å². The van der Waals surface area contributed by atoms with Crippen LogP contribution in [0.2, 0.25) is 0 Å². The average molecular weight is 670 g/mol. The molecule has 2 amide bonds. The number of aryl methyl sites for hydroxylation is 1. The maximum atomic E-state index is 13.8. The number of carbonyl (C=O) groups is 1. The van der Waals surface area contributed by atoms with Crippen molar-refractivity contribution < 1.29 is 13.2 Å². The summed E-state index contributed by atoms with van der Waals surface area (Å²) >= 11 is 1.04. The van der Waals surface area contributed by atoms with Gasteiger partial charge in [-0.1, -0.05) is 56.7 Å². The van der Waals surface area contributed by atoms with Crippen LogP contribution in [0.15, 0.2) is 77.7 Å². The highest BCUT2D eigenvalue weighted by molar-refractivity contribution is 7.89. The Morgan fingerprint density at radius 2 is 1.64 bits per heavy atom. The van der Waals surface area contributed by atoms with Gasteiger partial charge in [-0.2, -0.15) is 18.2 Å². The molecule has 244 valence electrons. The van der Waals surface area contributed by atoms with Gasteiger partial charge >= 0.3 is 6.03 Å². The molecule has 0 radical (unpaired) electrons. The summed E-state index contributed by atoms with van der Waals surface area (Å²) in [7, 11) is -3.67. The van der Waals surface area contributed by atoms with E-state index < -0.39 is 10.0 Å². The van der Waals surface area contributed by atoms with E-state index in [4.69, 9.17) is 5.10 Å². The van der Waals surface area contributed by atoms with E-state index in [1.54, 1.807) is 27.2 Å². The maximum Gasteiger partial charge on any atom is 0.324 e. The summed E-state index contributed by atoms with van der Waals surface area (Å²) in [5.74, 6) is 0.979. The van der Waals surface area contributed by atoms with Crippen molar-refractivity contribution in [1.29, 1.82) is 0 Å². The Balaban J connectivity index is 0.993. The molecule has 12 heteroatoms. The van der Waals surface area contributed by atoms with Gasteiger partial charge in [0.05, 0.1) is 23.1 Å². The molecule has 2 aliphatic heterocycles. The smallest absolute Gasteiger partial charge is 0.308 e. The van der Waals surface area contributed by atoms with Crippen LogP contribution in [0.5, 0.6) is 0 Å². The second-order valence-corrected chi connectivity index (χ2v) is 16.2. The monoisotopic (exact) mass is 669 g/mol. The number of piperidine rings is 1. The first-order valence-electron chi connectivity index (χ1n) is 16.0. The number of rotatable bonds is 7. The summed E-state index contributed by atoms with van der Waals surface area (Å²) in [6.45, 7) is 8.32. The first-order chi connectivity index (χ1) is 22.5. The molecule has 4 heterocycles. The molecule has 0 aliphatic carbocycles. The number of hydrogen-bond donors (Lipinski definition) is 2. The Bertz CT molecular complexity index is 2020. The molecule has 2 unspecified atom stereocenters. The Morgan fingerprint density at radius 3 is 2.32 bits per heavy atom. The largest absolute Gasteiger partial charge is 0.324 e. The molecule has 2 fully saturated rings. The van der Waals surface area contributed by atoms with Gasteiger partial charge in [0, 0.05) is 29.3 Å². The third-order valence-electron chi connectivity index (χ3n) is 9.30. The van der Waals surface area contributed by atoms with Crippen molar-refractivity contribution in [2.45, 2.75) is 82.2 Å². The zero-order chi connectivity index (χ0) is 32.9. The quantitative estimate of drug-likeness (QED) is 0.188. The minimum Gasteiger partial charge on any atom is -0.308 e. The molecule has 2 atom stereocenters. The summed E-state index contributed by atoms with van der Waals surface area (Å²) in [5, 5.41) is 10.7. The fourth-order valence-corrected chi connectivity index (χ4v) is 9.61. The van der Waals surface area contributed by atoms with E-state index in [0.717, 1.165) is 60.8 Å². The third-order valence-corrected chi connectivity index (χ3v) is 11.9. The molecule has 2 bridgehead atoms. The number of sulfonamides is 1. The minimum atomic E-state index is -3.67. The number of hydrogen-bond acceptors (Lipinski definition) is 7. The number of anilines is 2. The van der Waals surface area contributed by atoms with Crippen molar-refractivity contribution in [1.82, 2.24) is 22.8 Å². The summed E-state index contributed by atoms with van der Waals surface area (Å²) < 4.78 is 39.7. The lowest BCUT2D eigenvalue weighted by molar-refractivity contribution is 0.190. The van der Waals surface area contributed by atoms with Crippen LogP contribution in [0.1, 0.15) is 63.3 Å². The standard InChI is InChI=1S/C35H39N7O3S2/c1-22-8-14-26(15-9-22)41-32(21-31(38-41)35(2,3)4)37-34(43)36-25-12-10-23(11-13-25)18-24-19-27-16-17-28(20-24)42(27)47(44,45)30-7-5-6-29-33(30)40-46-39-29/h5-15,21,24,27-28H,16-20H2,1-4H3,(H2,36,37,43). The number of carbonyl (C=O) groups excluding carboxylic acids is 1. The molecule has 10 nitrogen and oxygen atoms in total. The van der Waals surface area contributed by atoms with E-state index >= 15 is 0 Å². The van der Waals surface area contributed by atoms with Gasteiger partial charge in [0.1, 0.15) is 21.7 Å². The Hall–Kier alpha value is -4.13. The van der Waals surface area contributed by atoms with Crippen LogP contribution in [0.4, 0.5) is 16.3 Å². The molecule has 2 saturated heterocycles. The number of fused-ring (bicyclic) bond motifs is 3. The van der Waals surface area contributed by atoms with Gasteiger partial charge in [-0.25, -0.2) is 17.9 Å². The molecule has 7 rings (SSSR count). The van der Waals surface area contributed by atoms with Gasteiger partial charge in [-0.3, -0.25) is 5.32 Å². The van der Waals surface area contributed by atoms with Crippen LogP contribution in [-0.2, 0) is 21.9 Å². The molecular formula is C35H39N7O3S2. The predicted octanol–water partition coefficient (Wildman–Crippen LogP) is 7.30. The number of nitrogens with zero attached hydrogens (tertiary/aromatic N) is 5. The number of aromatic nitrogens is 4. The van der Waals surface area contributed by atoms with E-state index in [9.17, 15) is 13.2 Å². The van der Waals surface area contributed by atoms with Crippen molar-refractivity contribution >= 4 is 50.3 Å². The van der Waals surface area contributed by atoms with Crippen LogP contribution < -0.4 is 10.6 Å². The third kappa shape index (κ3) is 6.29. The second-order valence-electron chi connectivity index (χ2n) is 13.8. The van der Waals surface area contributed by atoms with Crippen LogP contribution in [-0.4, -0.2) is 49.4 Å². The normalized spacial score (nSPS) is 20.0. The molecule has 5 aromatic rings. The first-order valence-corrected chi connectivity index (χ1v) is 18.2.